The molecular weight excluding hydrogens is 178 g/mol. The lowest BCUT2D eigenvalue weighted by Gasteiger charge is -2.09. The molecular formula is C10H13N3O. The monoisotopic (exact) mass is 191 g/mol. The number of rotatable bonds is 3. The molecule has 1 aromatic carbocycles. The zero-order chi connectivity index (χ0) is 10.6. The molecule has 1 atom stereocenters. The van der Waals surface area contributed by atoms with Gasteiger partial charge in [-0.25, -0.2) is 0 Å². The molecule has 4 heteroatoms. The second-order valence-corrected chi connectivity index (χ2v) is 3.14. The average Bonchev–Trinajstić information content (AvgIpc) is 2.15. The quantitative estimate of drug-likeness (QED) is 0.621. The van der Waals surface area contributed by atoms with Crippen LogP contribution < -0.4 is 11.1 Å². The molecule has 1 rings (SSSR count). The van der Waals surface area contributed by atoms with Gasteiger partial charge in [-0.1, -0.05) is 0 Å². The van der Waals surface area contributed by atoms with E-state index in [0.717, 1.165) is 5.69 Å². The first-order valence-electron chi connectivity index (χ1n) is 4.35. The lowest BCUT2D eigenvalue weighted by Crippen LogP contribution is -2.15. The third-order valence-corrected chi connectivity index (χ3v) is 1.77. The summed E-state index contributed by atoms with van der Waals surface area (Å²) in [5, 5.41) is 20.7. The standard InChI is InChI=1S/C10H13N3O/c1-7(14)6-13-9-3-2-8(5-11)10(12)4-9/h2-4,7,13-14H,6,12H2,1H3. The molecule has 14 heavy (non-hydrogen) atoms. The summed E-state index contributed by atoms with van der Waals surface area (Å²) >= 11 is 0. The Hall–Kier alpha value is -1.73. The van der Waals surface area contributed by atoms with Gasteiger partial charge in [0.2, 0.25) is 0 Å². The van der Waals surface area contributed by atoms with Gasteiger partial charge in [-0.2, -0.15) is 5.26 Å². The Labute approximate surface area is 83.0 Å². The molecule has 0 radical (unpaired) electrons. The topological polar surface area (TPSA) is 82.1 Å². The van der Waals surface area contributed by atoms with Crippen molar-refractivity contribution in [3.63, 3.8) is 0 Å². The SMILES string of the molecule is CC(O)CNc1ccc(C#N)c(N)c1. The van der Waals surface area contributed by atoms with Crippen LogP contribution in [0, 0.1) is 11.3 Å². The first-order valence-corrected chi connectivity index (χ1v) is 4.35. The van der Waals surface area contributed by atoms with Crippen molar-refractivity contribution in [1.82, 2.24) is 0 Å². The van der Waals surface area contributed by atoms with Gasteiger partial charge in [0.25, 0.3) is 0 Å². The summed E-state index contributed by atoms with van der Waals surface area (Å²) in [6, 6.07) is 7.08. The van der Waals surface area contributed by atoms with Gasteiger partial charge in [-0.15, -0.1) is 0 Å². The first kappa shape index (κ1) is 10.4. The molecule has 0 aliphatic heterocycles. The molecule has 0 fully saturated rings. The van der Waals surface area contributed by atoms with Gasteiger partial charge in [-0.05, 0) is 25.1 Å². The number of nitrogen functional groups attached to an aromatic ring is 1. The van der Waals surface area contributed by atoms with Crippen LogP contribution in [0.4, 0.5) is 11.4 Å². The van der Waals surface area contributed by atoms with Crippen molar-refractivity contribution >= 4 is 11.4 Å². The van der Waals surface area contributed by atoms with Gasteiger partial charge < -0.3 is 16.2 Å². The molecule has 0 aromatic heterocycles. The van der Waals surface area contributed by atoms with E-state index in [1.807, 2.05) is 6.07 Å². The lowest BCUT2D eigenvalue weighted by molar-refractivity contribution is 0.208. The van der Waals surface area contributed by atoms with Crippen LogP contribution in [-0.2, 0) is 0 Å². The fourth-order valence-corrected chi connectivity index (χ4v) is 1.04. The Morgan fingerprint density at radius 3 is 2.86 bits per heavy atom. The number of nitrogens with one attached hydrogen (secondary N) is 1. The minimum absolute atomic E-state index is 0.410. The Morgan fingerprint density at radius 1 is 1.64 bits per heavy atom. The molecule has 1 unspecified atom stereocenters. The number of nitriles is 1. The molecule has 74 valence electrons. The highest BCUT2D eigenvalue weighted by molar-refractivity contribution is 5.62. The predicted molar refractivity (Wildman–Crippen MR) is 55.7 cm³/mol. The maximum atomic E-state index is 9.04. The van der Waals surface area contributed by atoms with Crippen LogP contribution in [0.5, 0.6) is 0 Å². The van der Waals surface area contributed by atoms with Crippen LogP contribution in [0.3, 0.4) is 0 Å². The van der Waals surface area contributed by atoms with E-state index in [4.69, 9.17) is 16.1 Å². The molecule has 0 spiro atoms. The van der Waals surface area contributed by atoms with E-state index in [2.05, 4.69) is 5.32 Å². The number of benzene rings is 1. The summed E-state index contributed by atoms with van der Waals surface area (Å²) in [4.78, 5) is 0. The fraction of sp³-hybridized carbons (Fsp3) is 0.300. The van der Waals surface area contributed by atoms with Crippen molar-refractivity contribution in [3.05, 3.63) is 23.8 Å². The summed E-state index contributed by atoms with van der Waals surface area (Å²) in [5.74, 6) is 0. The predicted octanol–water partition coefficient (Wildman–Crippen LogP) is 0.933. The third kappa shape index (κ3) is 2.64. The van der Waals surface area contributed by atoms with E-state index in [9.17, 15) is 0 Å². The second-order valence-electron chi connectivity index (χ2n) is 3.14. The normalized spacial score (nSPS) is 11.8. The van der Waals surface area contributed by atoms with Crippen molar-refractivity contribution in [2.24, 2.45) is 0 Å². The van der Waals surface area contributed by atoms with Gasteiger partial charge in [0, 0.05) is 12.2 Å². The van der Waals surface area contributed by atoms with Gasteiger partial charge in [-0.3, -0.25) is 0 Å². The van der Waals surface area contributed by atoms with Crippen LogP contribution in [0.2, 0.25) is 0 Å². The van der Waals surface area contributed by atoms with Crippen LogP contribution in [0.15, 0.2) is 18.2 Å². The van der Waals surface area contributed by atoms with Crippen LogP contribution >= 0.6 is 0 Å². The minimum Gasteiger partial charge on any atom is -0.398 e. The second kappa shape index (κ2) is 4.49. The van der Waals surface area contributed by atoms with E-state index >= 15 is 0 Å². The highest BCUT2D eigenvalue weighted by Gasteiger charge is 2.00. The maximum Gasteiger partial charge on any atom is 0.101 e. The molecule has 0 aliphatic rings. The number of nitrogens with zero attached hydrogens (tertiary/aromatic N) is 1. The molecule has 0 bridgehead atoms. The zero-order valence-electron chi connectivity index (χ0n) is 7.99. The Kier molecular flexibility index (Phi) is 3.32. The van der Waals surface area contributed by atoms with Crippen molar-refractivity contribution in [2.45, 2.75) is 13.0 Å². The summed E-state index contributed by atoms with van der Waals surface area (Å²) < 4.78 is 0. The van der Waals surface area contributed by atoms with E-state index in [0.29, 0.717) is 17.8 Å². The third-order valence-electron chi connectivity index (χ3n) is 1.77. The fourth-order valence-electron chi connectivity index (χ4n) is 1.04. The van der Waals surface area contributed by atoms with E-state index in [1.54, 1.807) is 25.1 Å². The lowest BCUT2D eigenvalue weighted by atomic mass is 10.2. The van der Waals surface area contributed by atoms with Crippen molar-refractivity contribution in [3.8, 4) is 6.07 Å². The zero-order valence-corrected chi connectivity index (χ0v) is 7.99. The number of anilines is 2. The van der Waals surface area contributed by atoms with Gasteiger partial charge in [0.05, 0.1) is 17.4 Å². The van der Waals surface area contributed by atoms with Crippen LogP contribution in [-0.4, -0.2) is 17.8 Å². The van der Waals surface area contributed by atoms with E-state index < -0.39 is 6.10 Å². The summed E-state index contributed by atoms with van der Waals surface area (Å²) in [7, 11) is 0. The molecule has 4 N–H and O–H groups in total. The van der Waals surface area contributed by atoms with E-state index in [-0.39, 0.29) is 0 Å². The maximum absolute atomic E-state index is 9.04. The molecule has 0 heterocycles. The number of hydrogen-bond acceptors (Lipinski definition) is 4. The highest BCUT2D eigenvalue weighted by atomic mass is 16.3. The summed E-state index contributed by atoms with van der Waals surface area (Å²) in [6.45, 7) is 2.16. The minimum atomic E-state index is -0.410. The average molecular weight is 191 g/mol. The Morgan fingerprint density at radius 2 is 2.36 bits per heavy atom. The molecule has 0 saturated carbocycles. The number of nitrogens with two attached hydrogens (primary N) is 1. The number of aliphatic hydroxyl groups is 1. The Balaban J connectivity index is 2.73. The van der Waals surface area contributed by atoms with E-state index in [1.165, 1.54) is 0 Å². The molecule has 4 nitrogen and oxygen atoms in total. The summed E-state index contributed by atoms with van der Waals surface area (Å²) in [5.41, 5.74) is 7.33. The first-order chi connectivity index (χ1) is 6.63. The smallest absolute Gasteiger partial charge is 0.101 e. The Bertz CT molecular complexity index is 355. The van der Waals surface area contributed by atoms with Gasteiger partial charge in [0.15, 0.2) is 0 Å². The van der Waals surface area contributed by atoms with Gasteiger partial charge in [0.1, 0.15) is 6.07 Å². The van der Waals surface area contributed by atoms with Crippen molar-refractivity contribution in [2.75, 3.05) is 17.6 Å². The number of aliphatic hydroxyl groups excluding tert-OH is 1. The van der Waals surface area contributed by atoms with Crippen molar-refractivity contribution < 1.29 is 5.11 Å². The van der Waals surface area contributed by atoms with Crippen LogP contribution in [0.25, 0.3) is 0 Å². The molecule has 0 aliphatic carbocycles. The molecule has 0 amide bonds. The molecule has 0 saturated heterocycles. The van der Waals surface area contributed by atoms with Crippen molar-refractivity contribution in [1.29, 1.82) is 5.26 Å². The largest absolute Gasteiger partial charge is 0.398 e. The van der Waals surface area contributed by atoms with Crippen LogP contribution in [0.1, 0.15) is 12.5 Å². The molecule has 1 aromatic rings. The summed E-state index contributed by atoms with van der Waals surface area (Å²) in [6.07, 6.45) is -0.410. The van der Waals surface area contributed by atoms with Gasteiger partial charge >= 0.3 is 0 Å². The number of hydrogen-bond donors (Lipinski definition) is 3. The highest BCUT2D eigenvalue weighted by Crippen LogP contribution is 2.16.